The zero-order valence-corrected chi connectivity index (χ0v) is 14.3. The van der Waals surface area contributed by atoms with Crippen LogP contribution in [0.4, 0.5) is 5.69 Å². The molecule has 2 aromatic rings. The van der Waals surface area contributed by atoms with Crippen molar-refractivity contribution in [2.24, 2.45) is 0 Å². The third kappa shape index (κ3) is 4.69. The Morgan fingerprint density at radius 2 is 1.79 bits per heavy atom. The summed E-state index contributed by atoms with van der Waals surface area (Å²) < 4.78 is 5.20. The number of hydrogen-bond donors (Lipinski definition) is 1. The maximum Gasteiger partial charge on any atom is 0.313 e. The number of benzene rings is 2. The van der Waals surface area contributed by atoms with Gasteiger partial charge in [-0.05, 0) is 43.0 Å². The zero-order valence-electron chi connectivity index (χ0n) is 14.3. The number of carbonyl (C=O) groups is 2. The zero-order chi connectivity index (χ0) is 17.5. The SMILES string of the molecule is CCC(C(=O)OCC(=O)Nc1cc(C)ccc1C)c1ccccc1. The van der Waals surface area contributed by atoms with Crippen LogP contribution < -0.4 is 5.32 Å². The second-order valence-electron chi connectivity index (χ2n) is 5.85. The van der Waals surface area contributed by atoms with E-state index in [0.717, 1.165) is 22.4 Å². The minimum Gasteiger partial charge on any atom is -0.455 e. The highest BCUT2D eigenvalue weighted by molar-refractivity contribution is 5.94. The predicted octanol–water partition coefficient (Wildman–Crippen LogP) is 3.98. The average Bonchev–Trinajstić information content (AvgIpc) is 2.58. The number of hydrogen-bond acceptors (Lipinski definition) is 3. The van der Waals surface area contributed by atoms with Gasteiger partial charge in [-0.3, -0.25) is 9.59 Å². The molecule has 0 spiro atoms. The highest BCUT2D eigenvalue weighted by Gasteiger charge is 2.21. The molecule has 0 aliphatic carbocycles. The first kappa shape index (κ1) is 17.7. The Morgan fingerprint density at radius 3 is 2.46 bits per heavy atom. The maximum absolute atomic E-state index is 12.3. The van der Waals surface area contributed by atoms with E-state index in [0.29, 0.717) is 6.42 Å². The van der Waals surface area contributed by atoms with Gasteiger partial charge in [0, 0.05) is 5.69 Å². The molecule has 0 saturated heterocycles. The van der Waals surface area contributed by atoms with Crippen molar-refractivity contribution in [2.75, 3.05) is 11.9 Å². The van der Waals surface area contributed by atoms with Gasteiger partial charge in [0.25, 0.3) is 5.91 Å². The van der Waals surface area contributed by atoms with E-state index >= 15 is 0 Å². The Kier molecular flexibility index (Phi) is 6.13. The van der Waals surface area contributed by atoms with Crippen molar-refractivity contribution in [2.45, 2.75) is 33.1 Å². The van der Waals surface area contributed by atoms with E-state index in [9.17, 15) is 9.59 Å². The Hall–Kier alpha value is -2.62. The fraction of sp³-hybridized carbons (Fsp3) is 0.300. The molecule has 0 saturated carbocycles. The third-order valence-corrected chi connectivity index (χ3v) is 3.91. The molecule has 1 N–H and O–H groups in total. The van der Waals surface area contributed by atoms with Gasteiger partial charge in [-0.25, -0.2) is 0 Å². The van der Waals surface area contributed by atoms with Crippen molar-refractivity contribution < 1.29 is 14.3 Å². The highest BCUT2D eigenvalue weighted by atomic mass is 16.5. The summed E-state index contributed by atoms with van der Waals surface area (Å²) in [5.41, 5.74) is 3.67. The molecule has 24 heavy (non-hydrogen) atoms. The van der Waals surface area contributed by atoms with Crippen LogP contribution in [0.2, 0.25) is 0 Å². The lowest BCUT2D eigenvalue weighted by Crippen LogP contribution is -2.24. The van der Waals surface area contributed by atoms with Crippen molar-refractivity contribution >= 4 is 17.6 Å². The number of carbonyl (C=O) groups excluding carboxylic acids is 2. The van der Waals surface area contributed by atoms with E-state index in [2.05, 4.69) is 5.32 Å². The van der Waals surface area contributed by atoms with Crippen LogP contribution in [0.1, 0.15) is 36.0 Å². The Labute approximate surface area is 142 Å². The second-order valence-corrected chi connectivity index (χ2v) is 5.85. The van der Waals surface area contributed by atoms with E-state index in [-0.39, 0.29) is 24.4 Å². The van der Waals surface area contributed by atoms with Gasteiger partial charge in [0.2, 0.25) is 0 Å². The van der Waals surface area contributed by atoms with Gasteiger partial charge in [-0.2, -0.15) is 0 Å². The molecule has 2 aromatic carbocycles. The smallest absolute Gasteiger partial charge is 0.313 e. The molecule has 1 amide bonds. The molecule has 126 valence electrons. The first-order chi connectivity index (χ1) is 11.5. The molecular weight excluding hydrogens is 302 g/mol. The standard InChI is InChI=1S/C20H23NO3/c1-4-17(16-8-6-5-7-9-16)20(23)24-13-19(22)21-18-12-14(2)10-11-15(18)3/h5-12,17H,4,13H2,1-3H3,(H,21,22). The Bertz CT molecular complexity index is 710. The van der Waals surface area contributed by atoms with Gasteiger partial charge in [0.15, 0.2) is 6.61 Å². The van der Waals surface area contributed by atoms with Crippen LogP contribution in [0.3, 0.4) is 0 Å². The molecular formula is C20H23NO3. The summed E-state index contributed by atoms with van der Waals surface area (Å²) >= 11 is 0. The molecule has 0 aromatic heterocycles. The van der Waals surface area contributed by atoms with Gasteiger partial charge in [0.05, 0.1) is 5.92 Å². The summed E-state index contributed by atoms with van der Waals surface area (Å²) in [6.45, 7) is 5.52. The molecule has 1 unspecified atom stereocenters. The maximum atomic E-state index is 12.3. The first-order valence-corrected chi connectivity index (χ1v) is 8.10. The van der Waals surface area contributed by atoms with E-state index in [1.165, 1.54) is 0 Å². The highest BCUT2D eigenvalue weighted by Crippen LogP contribution is 2.21. The fourth-order valence-electron chi connectivity index (χ4n) is 2.52. The summed E-state index contributed by atoms with van der Waals surface area (Å²) in [5, 5.41) is 2.79. The molecule has 1 atom stereocenters. The van der Waals surface area contributed by atoms with Crippen molar-refractivity contribution in [1.29, 1.82) is 0 Å². The lowest BCUT2D eigenvalue weighted by Gasteiger charge is -2.15. The number of anilines is 1. The fourth-order valence-corrected chi connectivity index (χ4v) is 2.52. The largest absolute Gasteiger partial charge is 0.455 e. The Balaban J connectivity index is 1.93. The molecule has 0 heterocycles. The van der Waals surface area contributed by atoms with E-state index in [4.69, 9.17) is 4.74 Å². The molecule has 0 fully saturated rings. The number of ether oxygens (including phenoxy) is 1. The molecule has 0 aliphatic heterocycles. The number of amides is 1. The van der Waals surface area contributed by atoms with Crippen LogP contribution in [-0.2, 0) is 14.3 Å². The van der Waals surface area contributed by atoms with E-state index in [1.54, 1.807) is 0 Å². The van der Waals surface area contributed by atoms with Crippen molar-refractivity contribution in [3.63, 3.8) is 0 Å². The third-order valence-electron chi connectivity index (χ3n) is 3.91. The molecule has 4 heteroatoms. The van der Waals surface area contributed by atoms with E-state index < -0.39 is 0 Å². The molecule has 4 nitrogen and oxygen atoms in total. The van der Waals surface area contributed by atoms with Crippen molar-refractivity contribution in [3.8, 4) is 0 Å². The van der Waals surface area contributed by atoms with Crippen molar-refractivity contribution in [1.82, 2.24) is 0 Å². The van der Waals surface area contributed by atoms with Gasteiger partial charge in [-0.1, -0.05) is 49.4 Å². The minimum atomic E-state index is -0.375. The Morgan fingerprint density at radius 1 is 1.08 bits per heavy atom. The minimum absolute atomic E-state index is 0.282. The van der Waals surface area contributed by atoms with Crippen LogP contribution in [0, 0.1) is 13.8 Å². The van der Waals surface area contributed by atoms with Gasteiger partial charge >= 0.3 is 5.97 Å². The van der Waals surface area contributed by atoms with Crippen LogP contribution in [0.5, 0.6) is 0 Å². The normalized spacial score (nSPS) is 11.6. The van der Waals surface area contributed by atoms with Gasteiger partial charge in [0.1, 0.15) is 0 Å². The number of aryl methyl sites for hydroxylation is 2. The monoisotopic (exact) mass is 325 g/mol. The first-order valence-electron chi connectivity index (χ1n) is 8.10. The summed E-state index contributed by atoms with van der Waals surface area (Å²) in [6.07, 6.45) is 0.626. The van der Waals surface area contributed by atoms with Gasteiger partial charge < -0.3 is 10.1 Å². The lowest BCUT2D eigenvalue weighted by molar-refractivity contribution is -0.149. The topological polar surface area (TPSA) is 55.4 Å². The molecule has 0 bridgehead atoms. The number of rotatable bonds is 6. The van der Waals surface area contributed by atoms with E-state index in [1.807, 2.05) is 69.3 Å². The summed E-state index contributed by atoms with van der Waals surface area (Å²) in [5.74, 6) is -1.06. The van der Waals surface area contributed by atoms with Crippen LogP contribution in [0.15, 0.2) is 48.5 Å². The van der Waals surface area contributed by atoms with Gasteiger partial charge in [-0.15, -0.1) is 0 Å². The van der Waals surface area contributed by atoms with Crippen LogP contribution >= 0.6 is 0 Å². The molecule has 0 aliphatic rings. The lowest BCUT2D eigenvalue weighted by atomic mass is 9.97. The molecule has 0 radical (unpaired) electrons. The predicted molar refractivity (Wildman–Crippen MR) is 95.0 cm³/mol. The van der Waals surface area contributed by atoms with Crippen LogP contribution in [-0.4, -0.2) is 18.5 Å². The molecule has 2 rings (SSSR count). The summed E-state index contributed by atoms with van der Waals surface area (Å²) in [7, 11) is 0. The number of nitrogens with one attached hydrogen (secondary N) is 1. The van der Waals surface area contributed by atoms with Crippen molar-refractivity contribution in [3.05, 3.63) is 65.2 Å². The average molecular weight is 325 g/mol. The summed E-state index contributed by atoms with van der Waals surface area (Å²) in [4.78, 5) is 24.3. The second kappa shape index (κ2) is 8.29. The number of esters is 1. The summed E-state index contributed by atoms with van der Waals surface area (Å²) in [6, 6.07) is 15.3. The quantitative estimate of drug-likeness (QED) is 0.817. The van der Waals surface area contributed by atoms with Crippen LogP contribution in [0.25, 0.3) is 0 Å².